The van der Waals surface area contributed by atoms with Gasteiger partial charge < -0.3 is 106 Å². The maximum Gasteiger partial charge on any atom is 0.303 e. The molecule has 1 fully saturated rings. The van der Waals surface area contributed by atoms with Crippen molar-refractivity contribution in [2.75, 3.05) is 6.61 Å². The number of nitrogens with one attached hydrogen (secondary N) is 14. The molecule has 684 valence electrons. The number of hydrogen-bond acceptors (Lipinski definition) is 20. The molecule has 2 aliphatic rings. The molecule has 1 aliphatic heterocycles. The second kappa shape index (κ2) is 49.4. The highest BCUT2D eigenvalue weighted by atomic mass is 16.4. The number of primary amides is 2. The molecule has 0 radical (unpaired) electrons. The number of rotatable bonds is 32. The lowest BCUT2D eigenvalue weighted by atomic mass is 9.77. The number of para-hydroxylation sites is 1. The van der Waals surface area contributed by atoms with Gasteiger partial charge in [-0.1, -0.05) is 125 Å². The molecule has 37 nitrogen and oxygen atoms in total. The van der Waals surface area contributed by atoms with Crippen LogP contribution in [0.5, 0.6) is 5.75 Å². The van der Waals surface area contributed by atoms with Gasteiger partial charge >= 0.3 is 5.97 Å². The number of carbonyl (C=O) groups excluding carboxylic acids is 16. The fourth-order valence-corrected chi connectivity index (χ4v) is 14.6. The first-order valence-electron chi connectivity index (χ1n) is 42.7. The van der Waals surface area contributed by atoms with Gasteiger partial charge in [-0.15, -0.1) is 0 Å². The first kappa shape index (κ1) is 102. The molecule has 15 atom stereocenters. The number of carbonyl (C=O) groups is 17. The molecule has 15 amide bonds. The number of benzene rings is 3. The summed E-state index contributed by atoms with van der Waals surface area (Å²) >= 11 is 0. The first-order valence-corrected chi connectivity index (χ1v) is 42.7. The molecular weight excluding hydrogens is 1620 g/mol. The van der Waals surface area contributed by atoms with Gasteiger partial charge in [0.25, 0.3) is 0 Å². The number of carboxylic acids is 1. The smallest absolute Gasteiger partial charge is 0.303 e. The molecule has 22 N–H and O–H groups in total. The van der Waals surface area contributed by atoms with Crippen LogP contribution in [0.4, 0.5) is 0 Å². The second-order valence-corrected chi connectivity index (χ2v) is 33.6. The van der Waals surface area contributed by atoms with Crippen LogP contribution in [-0.4, -0.2) is 216 Å². The Hall–Kier alpha value is -12.2. The number of nitrogens with two attached hydrogens (primary N) is 2. The topological polar surface area (TPSA) is 595 Å². The van der Waals surface area contributed by atoms with Gasteiger partial charge in [-0.2, -0.15) is 0 Å². The molecule has 0 spiro atoms. The van der Waals surface area contributed by atoms with Crippen LogP contribution in [0.1, 0.15) is 201 Å². The average molecular weight is 1740 g/mol. The van der Waals surface area contributed by atoms with E-state index in [0.717, 1.165) is 6.42 Å². The lowest BCUT2D eigenvalue weighted by molar-refractivity contribution is -0.140. The third-order valence-corrected chi connectivity index (χ3v) is 22.3. The van der Waals surface area contributed by atoms with Crippen molar-refractivity contribution in [1.29, 1.82) is 0 Å². The minimum Gasteiger partial charge on any atom is -0.508 e. The van der Waals surface area contributed by atoms with E-state index in [1.807, 2.05) is 12.2 Å². The standard InChI is InChI=1S/C88H126N16O21/c1-49(2)41-65(95-54(7)107)81(120)102-73(53(6)106)84(123)99-67(43-56-25-18-17-19-26-56)83(122)104-88(9)40-23-16-14-12-10-11-13-15-22-39-87(8,86(125)101-69(48-105)82(121)94-51(4)75(114)92-50(3)74(90)113)103-77(116)58(42-55-27-24-28-55)46-70(109)63(35-37-71(89)110)96-76(115)52(5)93-79(118)68(45-59-47-91-62-30-21-20-29-61(59)62)98-80(119)66(44-57-31-33-60(108)34-32-57)97-78(117)64(100-85(88)124)36-38-72(111)112/h11,13,17-21,25-26,29-34,47,49-53,55,58,63-69,73,91,105-106,108H,10,12,14-16,22-24,27-28,35-46,48H2,1-9H3,(H2,89,110)(H2,90,113)(H,92,114)(H,93,118)(H,94,121)(H,95,107)(H,96,115)(H,97,117)(H,98,119)(H,99,123)(H,100,124)(H,101,125)(H,102,120)(H,103,116)(H,104,122)(H,111,112)/b13-11+/t50?,51?,52?,53-,58-,63+,64+,65+,66+,67+,68+,69+,73+,87+,88-/m1/s1. The molecule has 6 rings (SSSR count). The largest absolute Gasteiger partial charge is 0.508 e. The zero-order valence-electron chi connectivity index (χ0n) is 72.5. The van der Waals surface area contributed by atoms with Crippen molar-refractivity contribution in [1.82, 2.24) is 74.1 Å². The third-order valence-electron chi connectivity index (χ3n) is 22.3. The summed E-state index contributed by atoms with van der Waals surface area (Å²) in [6.45, 7) is 11.7. The number of allylic oxidation sites excluding steroid dienone is 2. The number of phenolic OH excluding ortho intramolecular Hbond substituents is 1. The van der Waals surface area contributed by atoms with Crippen LogP contribution in [0.25, 0.3) is 10.9 Å². The number of amides is 15. The summed E-state index contributed by atoms with van der Waals surface area (Å²) in [5.41, 5.74) is 8.89. The van der Waals surface area contributed by atoms with Crippen LogP contribution >= 0.6 is 0 Å². The van der Waals surface area contributed by atoms with Crippen molar-refractivity contribution in [3.8, 4) is 5.75 Å². The molecule has 125 heavy (non-hydrogen) atoms. The summed E-state index contributed by atoms with van der Waals surface area (Å²) in [5.74, 6) is -17.6. The highest BCUT2D eigenvalue weighted by Crippen LogP contribution is 2.35. The van der Waals surface area contributed by atoms with E-state index in [9.17, 15) is 73.2 Å². The van der Waals surface area contributed by atoms with Crippen molar-refractivity contribution < 1.29 is 102 Å². The summed E-state index contributed by atoms with van der Waals surface area (Å²) in [4.78, 5) is 243. The fourth-order valence-electron chi connectivity index (χ4n) is 14.6. The molecule has 0 bridgehead atoms. The van der Waals surface area contributed by atoms with Crippen molar-refractivity contribution in [3.05, 3.63) is 114 Å². The van der Waals surface area contributed by atoms with E-state index in [2.05, 4.69) is 74.1 Å². The number of carboxylic acid groups (broad SMARTS) is 1. The molecular formula is C88H126N16O21. The quantitative estimate of drug-likeness (QED) is 0.0303. The molecule has 1 saturated carbocycles. The van der Waals surface area contributed by atoms with Gasteiger partial charge in [0.15, 0.2) is 5.78 Å². The number of aromatic hydroxyl groups is 1. The number of fused-ring (bicyclic) bond motifs is 1. The summed E-state index contributed by atoms with van der Waals surface area (Å²) in [5, 5.41) is 76.7. The minimum atomic E-state index is -2.06. The van der Waals surface area contributed by atoms with E-state index in [0.29, 0.717) is 72.5 Å². The van der Waals surface area contributed by atoms with E-state index in [4.69, 9.17) is 11.5 Å². The van der Waals surface area contributed by atoms with Gasteiger partial charge in [-0.05, 0) is 152 Å². The molecule has 37 heteroatoms. The fraction of sp³-hybridized carbons (Fsp3) is 0.557. The van der Waals surface area contributed by atoms with Crippen LogP contribution in [0.3, 0.4) is 0 Å². The van der Waals surface area contributed by atoms with Gasteiger partial charge in [-0.3, -0.25) is 81.5 Å². The Morgan fingerprint density at radius 2 is 1.17 bits per heavy atom. The molecule has 3 unspecified atom stereocenters. The van der Waals surface area contributed by atoms with Gasteiger partial charge in [0.1, 0.15) is 77.2 Å². The summed E-state index contributed by atoms with van der Waals surface area (Å²) < 4.78 is 0. The highest BCUT2D eigenvalue weighted by Gasteiger charge is 2.44. The number of hydrogen-bond donors (Lipinski definition) is 20. The van der Waals surface area contributed by atoms with Crippen LogP contribution in [0.15, 0.2) is 97.2 Å². The van der Waals surface area contributed by atoms with E-state index < -0.39 is 229 Å². The second-order valence-electron chi connectivity index (χ2n) is 33.6. The Labute approximate surface area is 726 Å². The highest BCUT2D eigenvalue weighted by molar-refractivity contribution is 6.02. The Morgan fingerprint density at radius 1 is 0.568 bits per heavy atom. The van der Waals surface area contributed by atoms with E-state index >= 15 is 28.8 Å². The molecule has 3 aromatic carbocycles. The Bertz CT molecular complexity index is 4460. The maximum atomic E-state index is 15.5. The number of aliphatic hydroxyl groups is 2. The van der Waals surface area contributed by atoms with Gasteiger partial charge in [0.2, 0.25) is 88.6 Å². The molecule has 1 aliphatic carbocycles. The number of phenols is 1. The molecule has 1 aromatic heterocycles. The number of Topliss-reactive ketones (excluding diaryl/α,β-unsaturated/α-hetero) is 1. The Balaban J connectivity index is 1.44. The monoisotopic (exact) mass is 1740 g/mol. The number of aliphatic hydroxyl groups excluding tert-OH is 2. The maximum absolute atomic E-state index is 15.5. The predicted molar refractivity (Wildman–Crippen MR) is 459 cm³/mol. The first-order chi connectivity index (χ1) is 59.1. The van der Waals surface area contributed by atoms with Crippen molar-refractivity contribution in [2.24, 2.45) is 29.2 Å². The predicted octanol–water partition coefficient (Wildman–Crippen LogP) is 0.945. The van der Waals surface area contributed by atoms with Crippen molar-refractivity contribution >= 4 is 111 Å². The summed E-state index contributed by atoms with van der Waals surface area (Å²) in [7, 11) is 0. The summed E-state index contributed by atoms with van der Waals surface area (Å²) in [6.07, 6.45) is 4.71. The van der Waals surface area contributed by atoms with Crippen LogP contribution in [0, 0.1) is 17.8 Å². The third kappa shape index (κ3) is 33.1. The Morgan fingerprint density at radius 3 is 1.78 bits per heavy atom. The zero-order chi connectivity index (χ0) is 92.4. The number of ketones is 1. The number of H-pyrrole nitrogens is 1. The normalized spacial score (nSPS) is 23.0. The number of aromatic nitrogens is 1. The van der Waals surface area contributed by atoms with Crippen molar-refractivity contribution in [2.45, 2.75) is 287 Å². The van der Waals surface area contributed by atoms with Crippen LogP contribution in [-0.2, 0) is 101 Å². The van der Waals surface area contributed by atoms with E-state index in [1.54, 1.807) is 74.6 Å². The molecule has 2 heterocycles. The average Bonchev–Trinajstić information content (AvgIpc) is 1.80. The SMILES string of the molecule is CC(=O)N[C@@H](CC(C)C)C(=O)N[C@H](C(=O)N[C@@H](Cc1ccccc1)C(=O)N[C@]1(C)CCCCCC/C=C/CCC[C@@](C)(C(=O)N[C@@H](CO)C(=O)NC(C)C(=O)NC(C)C(N)=O)NC(=O)[C@H](CC2CCC2)CC(=O)[C@H](CCC(N)=O)NC(=O)C(C)NC(=O)[C@H](Cc2c[nH]c3ccccc23)NC(=O)[C@H](Cc2ccc(O)cc2)NC(=O)[C@H](CCC(=O)O)NC1=O)[C@@H](C)O. The Kier molecular flexibility index (Phi) is 40.1. The number of aliphatic carboxylic acids is 1. The van der Waals surface area contributed by atoms with Crippen LogP contribution < -0.4 is 80.6 Å². The summed E-state index contributed by atoms with van der Waals surface area (Å²) in [6, 6.07) is 3.94. The van der Waals surface area contributed by atoms with Gasteiger partial charge in [0, 0.05) is 68.5 Å². The lowest BCUT2D eigenvalue weighted by Gasteiger charge is -2.35. The van der Waals surface area contributed by atoms with Gasteiger partial charge in [-0.25, -0.2) is 0 Å². The minimum absolute atomic E-state index is 0.0700. The van der Waals surface area contributed by atoms with Crippen LogP contribution in [0.2, 0.25) is 0 Å². The van der Waals surface area contributed by atoms with E-state index in [1.165, 1.54) is 72.7 Å². The van der Waals surface area contributed by atoms with Crippen molar-refractivity contribution in [3.63, 3.8) is 0 Å². The molecule has 0 saturated heterocycles. The lowest BCUT2D eigenvalue weighted by Crippen LogP contribution is -2.65. The molecule has 4 aromatic rings. The van der Waals surface area contributed by atoms with E-state index in [-0.39, 0.29) is 75.4 Å². The zero-order valence-corrected chi connectivity index (χ0v) is 72.5. The number of aromatic amines is 1. The van der Waals surface area contributed by atoms with Gasteiger partial charge in [0.05, 0.1) is 18.8 Å².